The van der Waals surface area contributed by atoms with Gasteiger partial charge in [0.05, 0.1) is 11.1 Å². The highest BCUT2D eigenvalue weighted by molar-refractivity contribution is 6.05. The standard InChI is InChI=1S/C20H14O3/c1-5-15-13(3)9-7-11-17(15)19(21)23-20(22)18-12-8-10-14(4)16(18)6-2/h1-2,7-12H,3-4H3. The van der Waals surface area contributed by atoms with Gasteiger partial charge in [-0.15, -0.1) is 12.8 Å². The minimum Gasteiger partial charge on any atom is -0.386 e. The first-order valence-corrected chi connectivity index (χ1v) is 6.88. The number of benzene rings is 2. The van der Waals surface area contributed by atoms with Gasteiger partial charge in [0.1, 0.15) is 0 Å². The summed E-state index contributed by atoms with van der Waals surface area (Å²) in [4.78, 5) is 24.5. The minimum absolute atomic E-state index is 0.177. The molecule has 3 nitrogen and oxygen atoms in total. The van der Waals surface area contributed by atoms with E-state index in [0.717, 1.165) is 11.1 Å². The minimum atomic E-state index is -0.795. The lowest BCUT2D eigenvalue weighted by Crippen LogP contribution is -2.15. The Labute approximate surface area is 135 Å². The number of ether oxygens (including phenoxy) is 1. The van der Waals surface area contributed by atoms with Gasteiger partial charge in [0.25, 0.3) is 0 Å². The molecule has 0 heterocycles. The molecule has 0 bridgehead atoms. The van der Waals surface area contributed by atoms with Gasteiger partial charge in [0.2, 0.25) is 0 Å². The number of rotatable bonds is 2. The smallest absolute Gasteiger partial charge is 0.347 e. The average molecular weight is 302 g/mol. The number of aryl methyl sites for hydroxylation is 2. The second kappa shape index (κ2) is 6.64. The van der Waals surface area contributed by atoms with Crippen molar-refractivity contribution < 1.29 is 14.3 Å². The molecule has 0 spiro atoms. The Bertz CT molecular complexity index is 803. The highest BCUT2D eigenvalue weighted by atomic mass is 16.6. The molecule has 0 aromatic heterocycles. The van der Waals surface area contributed by atoms with E-state index in [-0.39, 0.29) is 11.1 Å². The van der Waals surface area contributed by atoms with E-state index in [1.165, 1.54) is 12.1 Å². The lowest BCUT2D eigenvalue weighted by atomic mass is 10.0. The molecule has 0 amide bonds. The highest BCUT2D eigenvalue weighted by Crippen LogP contribution is 2.17. The molecule has 3 heteroatoms. The van der Waals surface area contributed by atoms with Crippen LogP contribution >= 0.6 is 0 Å². The zero-order valence-electron chi connectivity index (χ0n) is 12.8. The zero-order chi connectivity index (χ0) is 17.0. The average Bonchev–Trinajstić information content (AvgIpc) is 2.54. The summed E-state index contributed by atoms with van der Waals surface area (Å²) in [6, 6.07) is 9.97. The summed E-state index contributed by atoms with van der Waals surface area (Å²) in [7, 11) is 0. The molecule has 2 aromatic rings. The molecule has 0 N–H and O–H groups in total. The van der Waals surface area contributed by atoms with Crippen molar-refractivity contribution >= 4 is 11.9 Å². The van der Waals surface area contributed by atoms with Gasteiger partial charge in [-0.1, -0.05) is 36.1 Å². The summed E-state index contributed by atoms with van der Waals surface area (Å²) in [5.41, 5.74) is 2.69. The van der Waals surface area contributed by atoms with Crippen molar-refractivity contribution in [3.63, 3.8) is 0 Å². The third-order valence-electron chi connectivity index (χ3n) is 3.46. The van der Waals surface area contributed by atoms with E-state index in [9.17, 15) is 9.59 Å². The first-order chi connectivity index (χ1) is 11.0. The Morgan fingerprint density at radius 2 is 1.22 bits per heavy atom. The molecule has 0 aliphatic carbocycles. The molecule has 0 saturated carbocycles. The summed E-state index contributed by atoms with van der Waals surface area (Å²) >= 11 is 0. The summed E-state index contributed by atoms with van der Waals surface area (Å²) in [6.07, 6.45) is 10.9. The maximum atomic E-state index is 12.3. The molecule has 2 aromatic carbocycles. The fourth-order valence-electron chi connectivity index (χ4n) is 2.25. The van der Waals surface area contributed by atoms with E-state index in [1.807, 2.05) is 0 Å². The van der Waals surface area contributed by atoms with Crippen LogP contribution in [0.1, 0.15) is 43.0 Å². The van der Waals surface area contributed by atoms with Crippen molar-refractivity contribution in [1.29, 1.82) is 0 Å². The van der Waals surface area contributed by atoms with E-state index in [4.69, 9.17) is 17.6 Å². The van der Waals surface area contributed by atoms with Crippen LogP contribution in [-0.4, -0.2) is 11.9 Å². The van der Waals surface area contributed by atoms with Crippen molar-refractivity contribution in [1.82, 2.24) is 0 Å². The first-order valence-electron chi connectivity index (χ1n) is 6.88. The van der Waals surface area contributed by atoms with Crippen LogP contribution in [0.3, 0.4) is 0 Å². The van der Waals surface area contributed by atoms with Crippen LogP contribution in [0.25, 0.3) is 0 Å². The maximum absolute atomic E-state index is 12.3. The van der Waals surface area contributed by atoms with E-state index < -0.39 is 11.9 Å². The van der Waals surface area contributed by atoms with Crippen LogP contribution in [-0.2, 0) is 4.74 Å². The van der Waals surface area contributed by atoms with Crippen molar-refractivity contribution in [2.75, 3.05) is 0 Å². The molecule has 0 aliphatic heterocycles. The molecule has 23 heavy (non-hydrogen) atoms. The van der Waals surface area contributed by atoms with Gasteiger partial charge >= 0.3 is 11.9 Å². The van der Waals surface area contributed by atoms with Crippen molar-refractivity contribution in [2.24, 2.45) is 0 Å². The monoisotopic (exact) mass is 302 g/mol. The molecule has 0 saturated heterocycles. The Kier molecular flexibility index (Phi) is 4.64. The number of carbonyl (C=O) groups is 2. The molecule has 2 rings (SSSR count). The predicted molar refractivity (Wildman–Crippen MR) is 88.0 cm³/mol. The van der Waals surface area contributed by atoms with E-state index in [0.29, 0.717) is 11.1 Å². The third kappa shape index (κ3) is 3.15. The summed E-state index contributed by atoms with van der Waals surface area (Å²) < 4.78 is 4.95. The van der Waals surface area contributed by atoms with Crippen molar-refractivity contribution in [2.45, 2.75) is 13.8 Å². The third-order valence-corrected chi connectivity index (χ3v) is 3.46. The second-order valence-electron chi connectivity index (χ2n) is 4.96. The Balaban J connectivity index is 2.34. The largest absolute Gasteiger partial charge is 0.386 e. The fourth-order valence-corrected chi connectivity index (χ4v) is 2.25. The summed E-state index contributed by atoms with van der Waals surface area (Å²) in [5, 5.41) is 0. The Morgan fingerprint density at radius 1 is 0.826 bits per heavy atom. The van der Waals surface area contributed by atoms with Crippen molar-refractivity contribution in [3.05, 3.63) is 69.8 Å². The molecule has 112 valence electrons. The van der Waals surface area contributed by atoms with E-state index in [2.05, 4.69) is 11.8 Å². The predicted octanol–water partition coefficient (Wildman–Crippen LogP) is 3.26. The van der Waals surface area contributed by atoms with Crippen LogP contribution < -0.4 is 0 Å². The molecule has 0 aliphatic rings. The highest BCUT2D eigenvalue weighted by Gasteiger charge is 2.20. The number of terminal acetylenes is 2. The Morgan fingerprint density at radius 3 is 1.57 bits per heavy atom. The number of esters is 2. The van der Waals surface area contributed by atoms with Gasteiger partial charge in [-0.05, 0) is 37.1 Å². The van der Waals surface area contributed by atoms with E-state index in [1.54, 1.807) is 38.1 Å². The Hall–Kier alpha value is -3.30. The molecular formula is C20H14O3. The van der Waals surface area contributed by atoms with Crippen LogP contribution in [0.5, 0.6) is 0 Å². The molecule has 0 unspecified atom stereocenters. The summed E-state index contributed by atoms with van der Waals surface area (Å²) in [6.45, 7) is 3.57. The number of hydrogen-bond donors (Lipinski definition) is 0. The quantitative estimate of drug-likeness (QED) is 0.486. The lowest BCUT2D eigenvalue weighted by molar-refractivity contribution is 0.0397. The van der Waals surface area contributed by atoms with Gasteiger partial charge in [0, 0.05) is 11.1 Å². The molecule has 0 atom stereocenters. The van der Waals surface area contributed by atoms with Gasteiger partial charge in [-0.3, -0.25) is 0 Å². The topological polar surface area (TPSA) is 43.4 Å². The normalized spacial score (nSPS) is 9.57. The van der Waals surface area contributed by atoms with Gasteiger partial charge in [-0.2, -0.15) is 0 Å². The van der Waals surface area contributed by atoms with Crippen LogP contribution in [0.4, 0.5) is 0 Å². The fraction of sp³-hybridized carbons (Fsp3) is 0.100. The van der Waals surface area contributed by atoms with Gasteiger partial charge in [-0.25, -0.2) is 9.59 Å². The van der Waals surface area contributed by atoms with Crippen LogP contribution in [0.2, 0.25) is 0 Å². The number of hydrogen-bond acceptors (Lipinski definition) is 3. The van der Waals surface area contributed by atoms with Gasteiger partial charge in [0.15, 0.2) is 0 Å². The SMILES string of the molecule is C#Cc1c(C)cccc1C(=O)OC(=O)c1cccc(C)c1C#C. The lowest BCUT2D eigenvalue weighted by Gasteiger charge is -2.09. The van der Waals surface area contributed by atoms with Crippen molar-refractivity contribution in [3.8, 4) is 24.7 Å². The van der Waals surface area contributed by atoms with E-state index >= 15 is 0 Å². The molecule has 0 radical (unpaired) electrons. The van der Waals surface area contributed by atoms with Gasteiger partial charge < -0.3 is 4.74 Å². The number of carbonyl (C=O) groups excluding carboxylic acids is 2. The maximum Gasteiger partial charge on any atom is 0.347 e. The second-order valence-corrected chi connectivity index (χ2v) is 4.96. The molecule has 0 fully saturated rings. The van der Waals surface area contributed by atoms with Crippen LogP contribution in [0.15, 0.2) is 36.4 Å². The zero-order valence-corrected chi connectivity index (χ0v) is 12.8. The van der Waals surface area contributed by atoms with Crippen LogP contribution in [0, 0.1) is 38.5 Å². The molecular weight excluding hydrogens is 288 g/mol. The summed E-state index contributed by atoms with van der Waals surface area (Å²) in [5.74, 6) is 3.30. The first kappa shape index (κ1) is 16.1.